The van der Waals surface area contributed by atoms with E-state index in [1.54, 1.807) is 18.4 Å². The highest BCUT2D eigenvalue weighted by molar-refractivity contribution is 5.81. The highest BCUT2D eigenvalue weighted by atomic mass is 16.5. The summed E-state index contributed by atoms with van der Waals surface area (Å²) in [5, 5.41) is 0. The molecule has 0 unspecified atom stereocenters. The van der Waals surface area contributed by atoms with Crippen LogP contribution in [0.3, 0.4) is 0 Å². The molecule has 1 aliphatic rings. The number of hydrogen-bond acceptors (Lipinski definition) is 2. The maximum atomic E-state index is 4.80. The highest BCUT2D eigenvalue weighted by Gasteiger charge is 1.84. The molecule has 0 amide bonds. The van der Waals surface area contributed by atoms with Crippen LogP contribution in [0.25, 0.3) is 0 Å². The first-order valence-electron chi connectivity index (χ1n) is 2.28. The standard InChI is InChI=1S/C6H6NO/c1-6-7-4-2-3-5-8-6/h2-5H,1H2. The van der Waals surface area contributed by atoms with Crippen molar-refractivity contribution < 1.29 is 4.74 Å². The normalized spacial score (nSPS) is 16.9. The van der Waals surface area contributed by atoms with Gasteiger partial charge in [-0.15, -0.1) is 0 Å². The van der Waals surface area contributed by atoms with Crippen molar-refractivity contribution in [1.82, 2.24) is 0 Å². The number of rotatable bonds is 0. The van der Waals surface area contributed by atoms with Crippen LogP contribution in [0.4, 0.5) is 0 Å². The van der Waals surface area contributed by atoms with E-state index in [0.717, 1.165) is 0 Å². The summed E-state index contributed by atoms with van der Waals surface area (Å²) < 4.78 is 4.80. The molecule has 8 heavy (non-hydrogen) atoms. The molecule has 41 valence electrons. The van der Waals surface area contributed by atoms with Gasteiger partial charge in [-0.05, 0) is 12.2 Å². The van der Waals surface area contributed by atoms with Gasteiger partial charge in [0.1, 0.15) is 0 Å². The number of nitrogens with zero attached hydrogens (tertiary/aromatic N) is 1. The molecule has 0 saturated heterocycles. The molecule has 0 bridgehead atoms. The molecule has 0 aromatic heterocycles. The Labute approximate surface area is 48.2 Å². The van der Waals surface area contributed by atoms with Gasteiger partial charge in [-0.25, -0.2) is 4.99 Å². The smallest absolute Gasteiger partial charge is 0.194 e. The van der Waals surface area contributed by atoms with E-state index in [2.05, 4.69) is 11.9 Å². The lowest BCUT2D eigenvalue weighted by molar-refractivity contribution is 0.477. The van der Waals surface area contributed by atoms with E-state index in [1.165, 1.54) is 6.26 Å². The van der Waals surface area contributed by atoms with Crippen LogP contribution in [-0.2, 0) is 4.74 Å². The van der Waals surface area contributed by atoms with Crippen molar-refractivity contribution in [3.05, 3.63) is 31.5 Å². The van der Waals surface area contributed by atoms with Crippen LogP contribution in [-0.4, -0.2) is 5.90 Å². The van der Waals surface area contributed by atoms with Gasteiger partial charge in [0, 0.05) is 13.1 Å². The summed E-state index contributed by atoms with van der Waals surface area (Å²) in [5.74, 6) is 0.426. The second kappa shape index (κ2) is 2.31. The van der Waals surface area contributed by atoms with Gasteiger partial charge < -0.3 is 4.74 Å². The molecule has 1 radical (unpaired) electrons. The Morgan fingerprint density at radius 3 is 3.25 bits per heavy atom. The predicted molar refractivity (Wildman–Crippen MR) is 32.2 cm³/mol. The minimum Gasteiger partial charge on any atom is -0.451 e. The molecule has 0 saturated carbocycles. The van der Waals surface area contributed by atoms with E-state index in [-0.39, 0.29) is 0 Å². The van der Waals surface area contributed by atoms with Gasteiger partial charge in [0.15, 0.2) is 5.90 Å². The maximum absolute atomic E-state index is 4.80. The van der Waals surface area contributed by atoms with Crippen LogP contribution >= 0.6 is 0 Å². The average Bonchev–Trinajstić information content (AvgIpc) is 1.94. The number of allylic oxidation sites excluding steroid dienone is 2. The topological polar surface area (TPSA) is 21.6 Å². The summed E-state index contributed by atoms with van der Waals surface area (Å²) in [6.45, 7) is 3.48. The van der Waals surface area contributed by atoms with E-state index in [0.29, 0.717) is 5.90 Å². The Balaban J connectivity index is 2.69. The van der Waals surface area contributed by atoms with E-state index in [1.807, 2.05) is 0 Å². The fraction of sp³-hybridized carbons (Fsp3) is 0. The molecule has 0 fully saturated rings. The van der Waals surface area contributed by atoms with Crippen LogP contribution < -0.4 is 0 Å². The second-order valence-electron chi connectivity index (χ2n) is 1.31. The predicted octanol–water partition coefficient (Wildman–Crippen LogP) is 1.28. The largest absolute Gasteiger partial charge is 0.451 e. The summed E-state index contributed by atoms with van der Waals surface area (Å²) in [6, 6.07) is 0. The van der Waals surface area contributed by atoms with Gasteiger partial charge in [-0.2, -0.15) is 0 Å². The molecule has 1 aliphatic heterocycles. The first-order chi connectivity index (χ1) is 3.89. The van der Waals surface area contributed by atoms with Crippen molar-refractivity contribution in [2.24, 2.45) is 4.99 Å². The SMILES string of the molecule is [CH2]C1=NC=CC=CO1. The fourth-order valence-electron chi connectivity index (χ4n) is 0.369. The minimum absolute atomic E-state index is 0.426. The average molecular weight is 108 g/mol. The van der Waals surface area contributed by atoms with Crippen molar-refractivity contribution in [2.45, 2.75) is 0 Å². The molecule has 2 heteroatoms. The first-order valence-corrected chi connectivity index (χ1v) is 2.28. The number of ether oxygens (including phenoxy) is 1. The molecule has 0 spiro atoms. The summed E-state index contributed by atoms with van der Waals surface area (Å²) in [7, 11) is 0. The van der Waals surface area contributed by atoms with Gasteiger partial charge in [0.25, 0.3) is 0 Å². The Morgan fingerprint density at radius 1 is 1.50 bits per heavy atom. The molecule has 1 heterocycles. The fourth-order valence-corrected chi connectivity index (χ4v) is 0.369. The molecule has 0 atom stereocenters. The lowest BCUT2D eigenvalue weighted by Crippen LogP contribution is -1.89. The van der Waals surface area contributed by atoms with E-state index in [9.17, 15) is 0 Å². The van der Waals surface area contributed by atoms with E-state index >= 15 is 0 Å². The zero-order valence-electron chi connectivity index (χ0n) is 4.37. The molecule has 0 aliphatic carbocycles. The Kier molecular flexibility index (Phi) is 1.47. The van der Waals surface area contributed by atoms with Crippen molar-refractivity contribution in [3.63, 3.8) is 0 Å². The van der Waals surface area contributed by atoms with Gasteiger partial charge in [-0.1, -0.05) is 0 Å². The van der Waals surface area contributed by atoms with Gasteiger partial charge in [0.2, 0.25) is 0 Å². The third-order valence-electron chi connectivity index (χ3n) is 0.698. The summed E-state index contributed by atoms with van der Waals surface area (Å²) in [4.78, 5) is 3.76. The zero-order chi connectivity index (χ0) is 5.82. The van der Waals surface area contributed by atoms with Crippen LogP contribution in [0.1, 0.15) is 0 Å². The highest BCUT2D eigenvalue weighted by Crippen LogP contribution is 1.90. The van der Waals surface area contributed by atoms with Gasteiger partial charge in [-0.3, -0.25) is 0 Å². The summed E-state index contributed by atoms with van der Waals surface area (Å²) >= 11 is 0. The third-order valence-corrected chi connectivity index (χ3v) is 0.698. The molecular weight excluding hydrogens is 102 g/mol. The van der Waals surface area contributed by atoms with Gasteiger partial charge >= 0.3 is 0 Å². The second-order valence-corrected chi connectivity index (χ2v) is 1.31. The molecule has 1 rings (SSSR count). The lowest BCUT2D eigenvalue weighted by atomic mass is 10.6. The molecular formula is C6H6NO. The quantitative estimate of drug-likeness (QED) is 0.458. The van der Waals surface area contributed by atoms with Crippen LogP contribution in [0, 0.1) is 6.92 Å². The minimum atomic E-state index is 0.426. The van der Waals surface area contributed by atoms with Crippen molar-refractivity contribution in [2.75, 3.05) is 0 Å². The number of hydrogen-bond donors (Lipinski definition) is 0. The van der Waals surface area contributed by atoms with Crippen LogP contribution in [0.2, 0.25) is 0 Å². The summed E-state index contributed by atoms with van der Waals surface area (Å²) in [5.41, 5.74) is 0. The first kappa shape index (κ1) is 5.09. The third kappa shape index (κ3) is 1.22. The molecule has 0 aromatic carbocycles. The van der Waals surface area contributed by atoms with Crippen molar-refractivity contribution >= 4 is 5.90 Å². The van der Waals surface area contributed by atoms with Gasteiger partial charge in [0.05, 0.1) is 6.26 Å². The maximum Gasteiger partial charge on any atom is 0.194 e. The van der Waals surface area contributed by atoms with Crippen LogP contribution in [0.5, 0.6) is 0 Å². The van der Waals surface area contributed by atoms with Crippen molar-refractivity contribution in [3.8, 4) is 0 Å². The Bertz CT molecular complexity index is 156. The van der Waals surface area contributed by atoms with E-state index < -0.39 is 0 Å². The van der Waals surface area contributed by atoms with Crippen molar-refractivity contribution in [1.29, 1.82) is 0 Å². The molecule has 0 N–H and O–H groups in total. The van der Waals surface area contributed by atoms with E-state index in [4.69, 9.17) is 4.74 Å². The summed E-state index contributed by atoms with van der Waals surface area (Å²) in [6.07, 6.45) is 6.70. The lowest BCUT2D eigenvalue weighted by Gasteiger charge is -1.90. The Morgan fingerprint density at radius 2 is 2.38 bits per heavy atom. The zero-order valence-corrected chi connectivity index (χ0v) is 4.37. The van der Waals surface area contributed by atoms with Crippen LogP contribution in [0.15, 0.2) is 29.6 Å². The number of aliphatic imine (C=N–C) groups is 1. The molecule has 2 nitrogen and oxygen atoms in total. The Hall–Kier alpha value is -1.05. The monoisotopic (exact) mass is 108 g/mol. The molecule has 0 aromatic rings.